The van der Waals surface area contributed by atoms with Gasteiger partial charge in [-0.05, 0) is 55.0 Å². The maximum absolute atomic E-state index is 13.1. The third-order valence-electron chi connectivity index (χ3n) is 5.91. The van der Waals surface area contributed by atoms with E-state index in [2.05, 4.69) is 69.7 Å². The Morgan fingerprint density at radius 2 is 1.86 bits per heavy atom. The summed E-state index contributed by atoms with van der Waals surface area (Å²) in [5.41, 5.74) is 6.95. The van der Waals surface area contributed by atoms with E-state index in [1.165, 1.54) is 34.6 Å². The van der Waals surface area contributed by atoms with Crippen LogP contribution in [0, 0.1) is 6.08 Å². The molecule has 4 nitrogen and oxygen atoms in total. The molecule has 0 saturated heterocycles. The number of halogens is 1. The van der Waals surface area contributed by atoms with Crippen LogP contribution < -0.4 is 5.32 Å². The molecule has 2 aromatic carbocycles. The molecule has 1 aliphatic rings. The van der Waals surface area contributed by atoms with Gasteiger partial charge in [-0.2, -0.15) is 4.39 Å². The van der Waals surface area contributed by atoms with Crippen LogP contribution in [0.1, 0.15) is 48.7 Å². The molecule has 0 radical (unpaired) electrons. The number of hydrogen-bond donors (Lipinski definition) is 2. The fourth-order valence-electron chi connectivity index (χ4n) is 4.41. The Morgan fingerprint density at radius 1 is 1.07 bits per heavy atom. The van der Waals surface area contributed by atoms with Crippen molar-refractivity contribution in [2.75, 3.05) is 0 Å². The Hall–Kier alpha value is -3.05. The van der Waals surface area contributed by atoms with Crippen LogP contribution in [-0.4, -0.2) is 15.0 Å². The van der Waals surface area contributed by atoms with Crippen LogP contribution in [0.5, 0.6) is 0 Å². The number of aromatic nitrogens is 3. The lowest BCUT2D eigenvalue weighted by Gasteiger charge is -2.27. The molecule has 2 atom stereocenters. The zero-order valence-electron chi connectivity index (χ0n) is 16.3. The molecule has 0 bridgehead atoms. The Kier molecular flexibility index (Phi) is 4.60. The smallest absolute Gasteiger partial charge is 0.308 e. The second-order valence-corrected chi connectivity index (χ2v) is 7.76. The summed E-state index contributed by atoms with van der Waals surface area (Å²) < 4.78 is 13.1. The number of aromatic amines is 1. The Morgan fingerprint density at radius 3 is 2.66 bits per heavy atom. The molecule has 2 N–H and O–H groups in total. The molecule has 1 aliphatic carbocycles. The molecule has 0 aliphatic heterocycles. The zero-order valence-corrected chi connectivity index (χ0v) is 16.3. The van der Waals surface area contributed by atoms with Crippen molar-refractivity contribution in [2.24, 2.45) is 0 Å². The minimum atomic E-state index is -0.699. The van der Waals surface area contributed by atoms with E-state index >= 15 is 0 Å². The monoisotopic (exact) mass is 386 g/mol. The van der Waals surface area contributed by atoms with Crippen LogP contribution in [0.3, 0.4) is 0 Å². The number of nitrogens with zero attached hydrogens (tertiary/aromatic N) is 2. The fraction of sp³-hybridized carbons (Fsp3) is 0.250. The molecule has 0 fully saturated rings. The predicted octanol–water partition coefficient (Wildman–Crippen LogP) is 5.49. The molecular weight excluding hydrogens is 363 g/mol. The van der Waals surface area contributed by atoms with Gasteiger partial charge in [0.05, 0.1) is 0 Å². The standard InChI is InChI=1S/C24H23FN4/c1-15(16-6-3-2-4-7-16)28-22-9-5-8-19-20-12-17(10-11-21(20)29-23(19)22)18-13-26-24(25)27-14-18/h2-4,6-7,10-15,22,28-29H,5,8-9H2,1H3/t15-,22?/m1/s1. The average Bonchev–Trinajstić information content (AvgIpc) is 3.14. The molecule has 0 spiro atoms. The lowest BCUT2D eigenvalue weighted by molar-refractivity contribution is 0.410. The predicted molar refractivity (Wildman–Crippen MR) is 113 cm³/mol. The summed E-state index contributed by atoms with van der Waals surface area (Å²) in [5.74, 6) is 0. The number of H-pyrrole nitrogens is 1. The normalized spacial score (nSPS) is 17.2. The van der Waals surface area contributed by atoms with Gasteiger partial charge in [0.2, 0.25) is 0 Å². The van der Waals surface area contributed by atoms with E-state index in [-0.39, 0.29) is 6.04 Å². The highest BCUT2D eigenvalue weighted by Crippen LogP contribution is 2.37. The summed E-state index contributed by atoms with van der Waals surface area (Å²) in [6.07, 6.45) is 5.72. The van der Waals surface area contributed by atoms with Gasteiger partial charge in [0.25, 0.3) is 0 Å². The van der Waals surface area contributed by atoms with E-state index < -0.39 is 6.08 Å². The van der Waals surface area contributed by atoms with Gasteiger partial charge in [0.15, 0.2) is 0 Å². The molecule has 5 heteroatoms. The molecule has 0 saturated carbocycles. The number of nitrogens with one attached hydrogen (secondary N) is 2. The van der Waals surface area contributed by atoms with Crippen molar-refractivity contribution < 1.29 is 4.39 Å². The Labute approximate surface area is 169 Å². The largest absolute Gasteiger partial charge is 0.357 e. The lowest BCUT2D eigenvalue weighted by Crippen LogP contribution is -2.27. The molecule has 5 rings (SSSR count). The van der Waals surface area contributed by atoms with Crippen LogP contribution in [0.4, 0.5) is 4.39 Å². The second kappa shape index (κ2) is 7.41. The highest BCUT2D eigenvalue weighted by atomic mass is 19.1. The first kappa shape index (κ1) is 18.0. The van der Waals surface area contributed by atoms with Gasteiger partial charge >= 0.3 is 6.08 Å². The molecule has 0 amide bonds. The number of hydrogen-bond acceptors (Lipinski definition) is 3. The van der Waals surface area contributed by atoms with E-state index in [4.69, 9.17) is 0 Å². The van der Waals surface area contributed by atoms with Crippen LogP contribution in [0.25, 0.3) is 22.0 Å². The average molecular weight is 386 g/mol. The highest BCUT2D eigenvalue weighted by Gasteiger charge is 2.25. The minimum Gasteiger partial charge on any atom is -0.357 e. The minimum absolute atomic E-state index is 0.283. The maximum Gasteiger partial charge on any atom is 0.308 e. The van der Waals surface area contributed by atoms with Crippen molar-refractivity contribution in [3.05, 3.63) is 83.8 Å². The van der Waals surface area contributed by atoms with Crippen LogP contribution in [0.15, 0.2) is 60.9 Å². The number of benzene rings is 2. The summed E-state index contributed by atoms with van der Waals surface area (Å²) in [4.78, 5) is 11.0. The molecular formula is C24H23FN4. The summed E-state index contributed by atoms with van der Waals surface area (Å²) in [6.45, 7) is 2.22. The van der Waals surface area contributed by atoms with Crippen LogP contribution in [0.2, 0.25) is 0 Å². The first-order chi connectivity index (χ1) is 14.2. The molecule has 4 aromatic rings. The van der Waals surface area contributed by atoms with E-state index in [0.717, 1.165) is 35.9 Å². The van der Waals surface area contributed by atoms with Crippen molar-refractivity contribution in [1.82, 2.24) is 20.3 Å². The summed E-state index contributed by atoms with van der Waals surface area (Å²) in [6, 6.07) is 17.5. The molecule has 2 heterocycles. The number of rotatable bonds is 4. The third kappa shape index (κ3) is 3.42. The van der Waals surface area contributed by atoms with Crippen LogP contribution in [-0.2, 0) is 6.42 Å². The van der Waals surface area contributed by atoms with Gasteiger partial charge in [-0.3, -0.25) is 0 Å². The molecule has 146 valence electrons. The van der Waals surface area contributed by atoms with Crippen molar-refractivity contribution >= 4 is 10.9 Å². The quantitative estimate of drug-likeness (QED) is 0.456. The first-order valence-corrected chi connectivity index (χ1v) is 10.1. The maximum atomic E-state index is 13.1. The van der Waals surface area contributed by atoms with Crippen molar-refractivity contribution in [1.29, 1.82) is 0 Å². The van der Waals surface area contributed by atoms with E-state index in [0.29, 0.717) is 6.04 Å². The van der Waals surface area contributed by atoms with E-state index in [9.17, 15) is 4.39 Å². The zero-order chi connectivity index (χ0) is 19.8. The van der Waals surface area contributed by atoms with Crippen molar-refractivity contribution in [2.45, 2.75) is 38.3 Å². The van der Waals surface area contributed by atoms with Gasteiger partial charge in [-0.25, -0.2) is 9.97 Å². The van der Waals surface area contributed by atoms with Gasteiger partial charge < -0.3 is 10.3 Å². The van der Waals surface area contributed by atoms with Crippen molar-refractivity contribution in [3.63, 3.8) is 0 Å². The first-order valence-electron chi connectivity index (χ1n) is 10.1. The molecule has 2 aromatic heterocycles. The molecule has 29 heavy (non-hydrogen) atoms. The van der Waals surface area contributed by atoms with E-state index in [1.54, 1.807) is 0 Å². The molecule has 1 unspecified atom stereocenters. The SMILES string of the molecule is C[C@@H](NC1CCCc2c1[nH]c1ccc(-c3cnc(F)nc3)cc21)c1ccccc1. The fourth-order valence-corrected chi connectivity index (χ4v) is 4.41. The second-order valence-electron chi connectivity index (χ2n) is 7.76. The summed E-state index contributed by atoms with van der Waals surface area (Å²) in [5, 5.41) is 5.05. The van der Waals surface area contributed by atoms with Crippen LogP contribution >= 0.6 is 0 Å². The third-order valence-corrected chi connectivity index (χ3v) is 5.91. The topological polar surface area (TPSA) is 53.6 Å². The van der Waals surface area contributed by atoms with Gasteiger partial charge in [-0.15, -0.1) is 0 Å². The Bertz CT molecular complexity index is 1130. The number of fused-ring (bicyclic) bond motifs is 3. The Balaban J connectivity index is 1.49. The van der Waals surface area contributed by atoms with Gasteiger partial charge in [-0.1, -0.05) is 36.4 Å². The number of aryl methyl sites for hydroxylation is 1. The summed E-state index contributed by atoms with van der Waals surface area (Å²) >= 11 is 0. The lowest BCUT2D eigenvalue weighted by atomic mass is 9.90. The van der Waals surface area contributed by atoms with Crippen molar-refractivity contribution in [3.8, 4) is 11.1 Å². The van der Waals surface area contributed by atoms with E-state index in [1.807, 2.05) is 6.07 Å². The summed E-state index contributed by atoms with van der Waals surface area (Å²) in [7, 11) is 0. The highest BCUT2D eigenvalue weighted by molar-refractivity contribution is 5.89. The van der Waals surface area contributed by atoms with Gasteiger partial charge in [0.1, 0.15) is 0 Å². The van der Waals surface area contributed by atoms with Gasteiger partial charge in [0, 0.05) is 46.6 Å².